The third-order valence-electron chi connectivity index (χ3n) is 2.59. The van der Waals surface area contributed by atoms with E-state index in [9.17, 15) is 4.39 Å². The molecule has 1 unspecified atom stereocenters. The molecule has 1 atom stereocenters. The maximum absolute atomic E-state index is 13.6. The van der Waals surface area contributed by atoms with Crippen molar-refractivity contribution in [3.05, 3.63) is 17.9 Å². The lowest BCUT2D eigenvalue weighted by Gasteiger charge is -2.13. The van der Waals surface area contributed by atoms with Crippen LogP contribution in [0.4, 0.5) is 15.8 Å². The van der Waals surface area contributed by atoms with E-state index in [1.54, 1.807) is 17.8 Å². The zero-order valence-corrected chi connectivity index (χ0v) is 11.2. The molecule has 0 amide bonds. The second-order valence-corrected chi connectivity index (χ2v) is 5.11. The van der Waals surface area contributed by atoms with Crippen molar-refractivity contribution in [2.45, 2.75) is 18.6 Å². The van der Waals surface area contributed by atoms with Gasteiger partial charge in [0.2, 0.25) is 0 Å². The topological polar surface area (TPSA) is 47.3 Å². The minimum absolute atomic E-state index is 0.313. The molecule has 0 saturated heterocycles. The SMILES string of the molecule is COc1cc(NCCC(C)SC)c(F)cc1N. The molecule has 0 heterocycles. The van der Waals surface area contributed by atoms with Crippen molar-refractivity contribution in [2.24, 2.45) is 0 Å². The quantitative estimate of drug-likeness (QED) is 0.770. The van der Waals surface area contributed by atoms with Crippen molar-refractivity contribution in [3.8, 4) is 5.75 Å². The summed E-state index contributed by atoms with van der Waals surface area (Å²) in [6, 6.07) is 2.87. The van der Waals surface area contributed by atoms with Gasteiger partial charge in [-0.1, -0.05) is 6.92 Å². The molecule has 5 heteroatoms. The second-order valence-electron chi connectivity index (χ2n) is 3.84. The fourth-order valence-corrected chi connectivity index (χ4v) is 1.76. The van der Waals surface area contributed by atoms with E-state index in [4.69, 9.17) is 10.5 Å². The minimum atomic E-state index is -0.347. The van der Waals surface area contributed by atoms with Gasteiger partial charge in [-0.05, 0) is 12.7 Å². The van der Waals surface area contributed by atoms with Gasteiger partial charge in [0.25, 0.3) is 0 Å². The summed E-state index contributed by atoms with van der Waals surface area (Å²) in [7, 11) is 1.52. The Bertz CT molecular complexity index is 374. The Hall–Kier alpha value is -1.10. The third kappa shape index (κ3) is 4.00. The number of nitrogen functional groups attached to an aromatic ring is 1. The smallest absolute Gasteiger partial charge is 0.148 e. The molecule has 0 aliphatic carbocycles. The van der Waals surface area contributed by atoms with Crippen LogP contribution in [0.5, 0.6) is 5.75 Å². The van der Waals surface area contributed by atoms with Gasteiger partial charge in [0, 0.05) is 23.9 Å². The zero-order valence-electron chi connectivity index (χ0n) is 10.4. The summed E-state index contributed by atoms with van der Waals surface area (Å²) >= 11 is 1.80. The van der Waals surface area contributed by atoms with Gasteiger partial charge in [-0.2, -0.15) is 11.8 Å². The monoisotopic (exact) mass is 258 g/mol. The summed E-state index contributed by atoms with van der Waals surface area (Å²) in [5.41, 5.74) is 6.35. The van der Waals surface area contributed by atoms with Crippen molar-refractivity contribution in [1.82, 2.24) is 0 Å². The van der Waals surface area contributed by atoms with Crippen LogP contribution in [0.2, 0.25) is 0 Å². The highest BCUT2D eigenvalue weighted by molar-refractivity contribution is 7.99. The molecule has 96 valence electrons. The number of nitrogens with two attached hydrogens (primary N) is 1. The fraction of sp³-hybridized carbons (Fsp3) is 0.500. The van der Waals surface area contributed by atoms with Gasteiger partial charge in [0.15, 0.2) is 0 Å². The molecule has 1 aromatic carbocycles. The summed E-state index contributed by atoms with van der Waals surface area (Å²) in [6.07, 6.45) is 3.05. The van der Waals surface area contributed by atoms with Crippen LogP contribution in [-0.2, 0) is 0 Å². The largest absolute Gasteiger partial charge is 0.495 e. The van der Waals surface area contributed by atoms with Crippen molar-refractivity contribution in [2.75, 3.05) is 31.0 Å². The molecular weight excluding hydrogens is 239 g/mol. The molecule has 0 radical (unpaired) electrons. The maximum Gasteiger partial charge on any atom is 0.148 e. The van der Waals surface area contributed by atoms with Crippen LogP contribution in [0.3, 0.4) is 0 Å². The van der Waals surface area contributed by atoms with Gasteiger partial charge in [-0.25, -0.2) is 4.39 Å². The number of hydrogen-bond donors (Lipinski definition) is 2. The van der Waals surface area contributed by atoms with Crippen molar-refractivity contribution in [3.63, 3.8) is 0 Å². The van der Waals surface area contributed by atoms with Crippen molar-refractivity contribution >= 4 is 23.1 Å². The van der Waals surface area contributed by atoms with E-state index in [-0.39, 0.29) is 5.82 Å². The standard InChI is InChI=1S/C12H19FN2OS/c1-8(17-3)4-5-15-11-7-12(16-2)10(14)6-9(11)13/h6-8,15H,4-5,14H2,1-3H3. The van der Waals surface area contributed by atoms with Gasteiger partial charge in [-0.3, -0.25) is 0 Å². The first-order valence-electron chi connectivity index (χ1n) is 5.48. The molecule has 0 bridgehead atoms. The molecule has 1 aromatic rings. The normalized spacial score (nSPS) is 12.2. The van der Waals surface area contributed by atoms with Gasteiger partial charge >= 0.3 is 0 Å². The maximum atomic E-state index is 13.6. The fourth-order valence-electron chi connectivity index (χ4n) is 1.41. The second kappa shape index (κ2) is 6.59. The number of nitrogens with one attached hydrogen (secondary N) is 1. The highest BCUT2D eigenvalue weighted by Crippen LogP contribution is 2.28. The summed E-state index contributed by atoms with van der Waals surface area (Å²) < 4.78 is 18.6. The Balaban J connectivity index is 2.64. The van der Waals surface area contributed by atoms with Gasteiger partial charge < -0.3 is 15.8 Å². The van der Waals surface area contributed by atoms with Crippen LogP contribution in [0, 0.1) is 5.82 Å². The van der Waals surface area contributed by atoms with E-state index in [2.05, 4.69) is 18.5 Å². The highest BCUT2D eigenvalue weighted by Gasteiger charge is 2.08. The molecule has 17 heavy (non-hydrogen) atoms. The Labute approximate surface area is 106 Å². The first-order chi connectivity index (χ1) is 8.08. The van der Waals surface area contributed by atoms with Gasteiger partial charge in [0.1, 0.15) is 11.6 Å². The Morgan fingerprint density at radius 1 is 1.53 bits per heavy atom. The van der Waals surface area contributed by atoms with Crippen LogP contribution in [0.15, 0.2) is 12.1 Å². The summed E-state index contributed by atoms with van der Waals surface area (Å²) in [4.78, 5) is 0. The molecule has 1 rings (SSSR count). The average molecular weight is 258 g/mol. The van der Waals surface area contributed by atoms with E-state index >= 15 is 0 Å². The summed E-state index contributed by atoms with van der Waals surface area (Å²) in [6.45, 7) is 2.87. The lowest BCUT2D eigenvalue weighted by molar-refractivity contribution is 0.416. The minimum Gasteiger partial charge on any atom is -0.495 e. The predicted octanol–water partition coefficient (Wildman–Crippen LogP) is 2.97. The number of benzene rings is 1. The lowest BCUT2D eigenvalue weighted by Crippen LogP contribution is -2.09. The first-order valence-corrected chi connectivity index (χ1v) is 6.77. The van der Waals surface area contributed by atoms with Crippen LogP contribution >= 0.6 is 11.8 Å². The molecule has 0 aliphatic rings. The average Bonchev–Trinajstić information content (AvgIpc) is 2.31. The van der Waals surface area contributed by atoms with Crippen LogP contribution in [-0.4, -0.2) is 25.2 Å². The Kier molecular flexibility index (Phi) is 5.41. The predicted molar refractivity (Wildman–Crippen MR) is 73.4 cm³/mol. The van der Waals surface area contributed by atoms with Crippen molar-refractivity contribution < 1.29 is 9.13 Å². The molecule has 0 fully saturated rings. The number of rotatable bonds is 6. The van der Waals surface area contributed by atoms with Gasteiger partial charge in [0.05, 0.1) is 18.5 Å². The van der Waals surface area contributed by atoms with E-state index < -0.39 is 0 Å². The van der Waals surface area contributed by atoms with Crippen LogP contribution in [0.1, 0.15) is 13.3 Å². The lowest BCUT2D eigenvalue weighted by atomic mass is 10.2. The molecule has 0 aromatic heterocycles. The zero-order chi connectivity index (χ0) is 12.8. The van der Waals surface area contributed by atoms with E-state index in [1.165, 1.54) is 13.2 Å². The van der Waals surface area contributed by atoms with Gasteiger partial charge in [-0.15, -0.1) is 0 Å². The Morgan fingerprint density at radius 3 is 2.82 bits per heavy atom. The van der Waals surface area contributed by atoms with E-state index in [1.807, 2.05) is 0 Å². The molecule has 3 N–H and O–H groups in total. The number of methoxy groups -OCH3 is 1. The number of thioether (sulfide) groups is 1. The Morgan fingerprint density at radius 2 is 2.24 bits per heavy atom. The molecular formula is C12H19FN2OS. The molecule has 3 nitrogen and oxygen atoms in total. The third-order valence-corrected chi connectivity index (χ3v) is 3.63. The number of ether oxygens (including phenoxy) is 1. The molecule has 0 saturated carbocycles. The summed E-state index contributed by atoms with van der Waals surface area (Å²) in [5.74, 6) is 0.145. The van der Waals surface area contributed by atoms with E-state index in [0.717, 1.165) is 13.0 Å². The number of anilines is 2. The summed E-state index contributed by atoms with van der Waals surface area (Å²) in [5, 5.41) is 3.61. The van der Waals surface area contributed by atoms with Crippen LogP contribution in [0.25, 0.3) is 0 Å². The van der Waals surface area contributed by atoms with E-state index in [0.29, 0.717) is 22.4 Å². The van der Waals surface area contributed by atoms with Crippen LogP contribution < -0.4 is 15.8 Å². The number of halogens is 1. The highest BCUT2D eigenvalue weighted by atomic mass is 32.2. The van der Waals surface area contributed by atoms with Crippen molar-refractivity contribution in [1.29, 1.82) is 0 Å². The first kappa shape index (κ1) is 14.0. The number of hydrogen-bond acceptors (Lipinski definition) is 4. The molecule has 0 spiro atoms. The molecule has 0 aliphatic heterocycles.